The molecular weight excluding hydrogens is 804 g/mol. The van der Waals surface area contributed by atoms with Crippen LogP contribution in [0.15, 0.2) is 146 Å². The molecule has 9 aromatic rings. The number of fused-ring (bicyclic) bond motifs is 5. The van der Waals surface area contributed by atoms with Gasteiger partial charge < -0.3 is 22.4 Å². The normalized spacial score (nSPS) is 10.3. The van der Waals surface area contributed by atoms with Crippen LogP contribution in [0.25, 0.3) is 63.1 Å². The first-order chi connectivity index (χ1) is 21.8. The third-order valence-corrected chi connectivity index (χ3v) is 9.02. The number of halogens is 1. The fourth-order valence-corrected chi connectivity index (χ4v) is 6.70. The fourth-order valence-electron chi connectivity index (χ4n) is 4.74. The number of hydrogen-bond acceptors (Lipinski definition) is 6. The van der Waals surface area contributed by atoms with Crippen molar-refractivity contribution in [3.8, 4) is 21.1 Å². The van der Waals surface area contributed by atoms with Gasteiger partial charge in [-0.2, -0.15) is 0 Å². The van der Waals surface area contributed by atoms with Crippen molar-refractivity contribution in [2.75, 3.05) is 0 Å². The van der Waals surface area contributed by atoms with Gasteiger partial charge in [-0.05, 0) is 43.4 Å². The number of benzene rings is 3. The number of rotatable bonds is 2. The maximum absolute atomic E-state index is 4.35. The molecule has 0 amide bonds. The van der Waals surface area contributed by atoms with Crippen molar-refractivity contribution in [1.29, 1.82) is 0 Å². The Hall–Kier alpha value is -4.36. The Morgan fingerprint density at radius 1 is 0.413 bits per heavy atom. The number of aromatic nitrogens is 4. The van der Waals surface area contributed by atoms with E-state index >= 15 is 0 Å². The maximum atomic E-state index is 4.35. The van der Waals surface area contributed by atoms with Crippen LogP contribution in [0.5, 0.6) is 0 Å². The zero-order chi connectivity index (χ0) is 29.6. The third-order valence-electron chi connectivity index (χ3n) is 6.83. The number of pyridine rings is 4. The topological polar surface area (TPSA) is 51.6 Å². The van der Waals surface area contributed by atoms with Crippen LogP contribution in [0.2, 0.25) is 0 Å². The molecule has 224 valence electrons. The Morgan fingerprint density at radius 3 is 1.24 bits per heavy atom. The van der Waals surface area contributed by atoms with Crippen LogP contribution < -0.4 is 12.4 Å². The minimum Gasteiger partial charge on any atom is -1.00 e. The van der Waals surface area contributed by atoms with Crippen molar-refractivity contribution in [3.63, 3.8) is 0 Å². The van der Waals surface area contributed by atoms with Gasteiger partial charge in [-0.15, -0.1) is 47.2 Å². The molecule has 6 aromatic heterocycles. The number of nitrogens with zero attached hydrogens (tertiary/aromatic N) is 4. The van der Waals surface area contributed by atoms with E-state index in [0.717, 1.165) is 42.9 Å². The van der Waals surface area contributed by atoms with Crippen molar-refractivity contribution in [1.82, 2.24) is 19.9 Å². The van der Waals surface area contributed by atoms with E-state index in [1.807, 2.05) is 73.1 Å². The van der Waals surface area contributed by atoms with Gasteiger partial charge in [0.15, 0.2) is 0 Å². The van der Waals surface area contributed by atoms with Crippen molar-refractivity contribution < 1.29 is 32.5 Å². The first-order valence-electron chi connectivity index (χ1n) is 14.0. The van der Waals surface area contributed by atoms with Crippen LogP contribution in [0, 0.1) is 12.1 Å². The van der Waals surface area contributed by atoms with Gasteiger partial charge in [-0.3, -0.25) is 9.97 Å². The molecule has 0 fully saturated rings. The van der Waals surface area contributed by atoms with Gasteiger partial charge in [0.1, 0.15) is 0 Å². The molecule has 0 spiro atoms. The average molecular weight is 828 g/mol. The summed E-state index contributed by atoms with van der Waals surface area (Å²) in [5.74, 6) is 0. The number of hydrogen-bond donors (Lipinski definition) is 0. The van der Waals surface area contributed by atoms with Gasteiger partial charge in [0.05, 0.1) is 11.0 Å². The van der Waals surface area contributed by atoms with Crippen LogP contribution >= 0.6 is 22.7 Å². The molecule has 0 atom stereocenters. The predicted octanol–water partition coefficient (Wildman–Crippen LogP) is 7.31. The molecule has 0 unspecified atom stereocenters. The Labute approximate surface area is 294 Å². The summed E-state index contributed by atoms with van der Waals surface area (Å²) in [7, 11) is 0. The van der Waals surface area contributed by atoms with E-state index in [1.54, 1.807) is 35.1 Å². The van der Waals surface area contributed by atoms with Gasteiger partial charge >= 0.3 is 20.1 Å². The minimum atomic E-state index is 0. The van der Waals surface area contributed by atoms with Crippen LogP contribution in [0.3, 0.4) is 0 Å². The molecule has 0 saturated heterocycles. The van der Waals surface area contributed by atoms with E-state index in [-0.39, 0.29) is 32.5 Å². The molecular formula is C38H24ClIrN4S2. The fraction of sp³-hybridized carbons (Fsp3) is 0. The molecule has 0 bridgehead atoms. The van der Waals surface area contributed by atoms with Crippen molar-refractivity contribution >= 4 is 64.7 Å². The monoisotopic (exact) mass is 828 g/mol. The Morgan fingerprint density at radius 2 is 0.826 bits per heavy atom. The van der Waals surface area contributed by atoms with E-state index in [2.05, 4.69) is 92.7 Å². The zero-order valence-corrected chi connectivity index (χ0v) is 29.0. The molecule has 9 rings (SSSR count). The second kappa shape index (κ2) is 15.8. The SMILES string of the molecule is [Cl-].[Ir+3].[c-]1c(-c2ccccn2)sc2ccccc12.[c-]1c(-c2ccccn2)sc2ccccc12.c1cnc2c(c1)ccc1cccnc12. The van der Waals surface area contributed by atoms with Crippen LogP contribution in [0.4, 0.5) is 0 Å². The second-order valence-corrected chi connectivity index (χ2v) is 11.9. The Kier molecular flexibility index (Phi) is 11.3. The molecule has 0 aliphatic carbocycles. The molecule has 8 heteroatoms. The molecule has 0 aliphatic rings. The summed E-state index contributed by atoms with van der Waals surface area (Å²) in [4.78, 5) is 19.6. The summed E-state index contributed by atoms with van der Waals surface area (Å²) in [6, 6.07) is 47.3. The Balaban J connectivity index is 0.000000133. The van der Waals surface area contributed by atoms with E-state index in [0.29, 0.717) is 0 Å². The van der Waals surface area contributed by atoms with Crippen LogP contribution in [0.1, 0.15) is 0 Å². The Bertz CT molecular complexity index is 2080. The van der Waals surface area contributed by atoms with E-state index in [9.17, 15) is 0 Å². The summed E-state index contributed by atoms with van der Waals surface area (Å²) >= 11 is 3.46. The quantitative estimate of drug-likeness (QED) is 0.136. The van der Waals surface area contributed by atoms with E-state index in [1.165, 1.54) is 20.2 Å². The van der Waals surface area contributed by atoms with Gasteiger partial charge in [-0.25, -0.2) is 22.7 Å². The second-order valence-electron chi connectivity index (χ2n) is 9.75. The average Bonchev–Trinajstić information content (AvgIpc) is 3.75. The largest absolute Gasteiger partial charge is 3.00 e. The summed E-state index contributed by atoms with van der Waals surface area (Å²) in [5, 5.41) is 4.61. The molecule has 0 saturated carbocycles. The third kappa shape index (κ3) is 7.53. The molecule has 0 aliphatic heterocycles. The molecule has 0 N–H and O–H groups in total. The predicted molar refractivity (Wildman–Crippen MR) is 185 cm³/mol. The van der Waals surface area contributed by atoms with Crippen LogP contribution in [-0.2, 0) is 20.1 Å². The summed E-state index contributed by atoms with van der Waals surface area (Å²) < 4.78 is 2.52. The summed E-state index contributed by atoms with van der Waals surface area (Å²) in [5.41, 5.74) is 3.95. The molecule has 4 nitrogen and oxygen atoms in total. The first kappa shape index (κ1) is 33.0. The van der Waals surface area contributed by atoms with E-state index in [4.69, 9.17) is 0 Å². The summed E-state index contributed by atoms with van der Waals surface area (Å²) in [6.45, 7) is 0. The maximum Gasteiger partial charge on any atom is 3.00 e. The number of thiophene rings is 2. The van der Waals surface area contributed by atoms with Crippen molar-refractivity contribution in [3.05, 3.63) is 158 Å². The van der Waals surface area contributed by atoms with Gasteiger partial charge in [0.25, 0.3) is 0 Å². The smallest absolute Gasteiger partial charge is 1.00 e. The zero-order valence-electron chi connectivity index (χ0n) is 24.2. The first-order valence-corrected chi connectivity index (χ1v) is 15.7. The summed E-state index contributed by atoms with van der Waals surface area (Å²) in [6.07, 6.45) is 7.23. The molecule has 6 heterocycles. The van der Waals surface area contributed by atoms with Crippen molar-refractivity contribution in [2.24, 2.45) is 0 Å². The van der Waals surface area contributed by atoms with Gasteiger partial charge in [0.2, 0.25) is 0 Å². The van der Waals surface area contributed by atoms with Crippen LogP contribution in [-0.4, -0.2) is 19.9 Å². The van der Waals surface area contributed by atoms with Gasteiger partial charge in [0, 0.05) is 46.9 Å². The standard InChI is InChI=1S/2C13H8NS.C12H8N2.ClH.Ir/c2*1-2-7-12-10(5-1)9-13(15-12)11-6-3-4-8-14-11;1-3-9-5-6-10-4-2-8-14-12(10)11(9)13-7-1;;/h2*1-8H;1-8H;1H;/q2*-1;;;+3/p-1. The van der Waals surface area contributed by atoms with Crippen molar-refractivity contribution in [2.45, 2.75) is 0 Å². The molecule has 0 radical (unpaired) electrons. The molecule has 46 heavy (non-hydrogen) atoms. The molecule has 3 aromatic carbocycles. The minimum absolute atomic E-state index is 0. The van der Waals surface area contributed by atoms with Gasteiger partial charge in [-0.1, -0.05) is 72.8 Å². The van der Waals surface area contributed by atoms with E-state index < -0.39 is 0 Å².